The van der Waals surface area contributed by atoms with Gasteiger partial charge in [0.15, 0.2) is 16.9 Å². The van der Waals surface area contributed by atoms with E-state index in [4.69, 9.17) is 18.9 Å². The van der Waals surface area contributed by atoms with E-state index < -0.39 is 36.3 Å². The van der Waals surface area contributed by atoms with Gasteiger partial charge in [-0.1, -0.05) is 36.4 Å². The maximum Gasteiger partial charge on any atom is 0.330 e. The molecule has 1 aliphatic carbocycles. The van der Waals surface area contributed by atoms with Gasteiger partial charge in [0.1, 0.15) is 18.1 Å². The molecule has 0 aromatic heterocycles. The van der Waals surface area contributed by atoms with E-state index >= 15 is 0 Å². The van der Waals surface area contributed by atoms with Crippen LogP contribution in [0.5, 0.6) is 23.0 Å². The maximum atomic E-state index is 14.8. The summed E-state index contributed by atoms with van der Waals surface area (Å²) in [5.41, 5.74) is -2.65. The van der Waals surface area contributed by atoms with Crippen molar-refractivity contribution in [1.29, 1.82) is 0 Å². The van der Waals surface area contributed by atoms with E-state index in [0.29, 0.717) is 35.2 Å². The van der Waals surface area contributed by atoms with Crippen molar-refractivity contribution in [3.8, 4) is 23.0 Å². The topological polar surface area (TPSA) is 54.0 Å². The Morgan fingerprint density at radius 1 is 0.889 bits per heavy atom. The number of rotatable bonds is 9. The molecule has 0 heterocycles. The zero-order valence-electron chi connectivity index (χ0n) is 19.6. The minimum absolute atomic E-state index is 0.264. The fraction of sp³-hybridized carbons (Fsp3) is 0.296. The molecule has 4 rings (SSSR count). The third-order valence-corrected chi connectivity index (χ3v) is 6.05. The summed E-state index contributed by atoms with van der Waals surface area (Å²) in [6, 6.07) is 18.5. The number of carbonyl (C=O) groups excluding carboxylic acids is 1. The smallest absolute Gasteiger partial charge is 0.330 e. The molecular weight excluding hydrogens is 480 g/mol. The first-order chi connectivity index (χ1) is 17.1. The summed E-state index contributed by atoms with van der Waals surface area (Å²) in [4.78, 5) is 13.0. The molecule has 5 nitrogen and oxygen atoms in total. The first-order valence-corrected chi connectivity index (χ1v) is 11.2. The molecule has 0 spiro atoms. The molecule has 0 radical (unpaired) electrons. The Kier molecular flexibility index (Phi) is 6.84. The first kappa shape index (κ1) is 25.3. The molecule has 9 heteroatoms. The van der Waals surface area contributed by atoms with E-state index in [1.165, 1.54) is 31.4 Å². The van der Waals surface area contributed by atoms with Gasteiger partial charge in [-0.25, -0.2) is 0 Å². The molecule has 3 aromatic carbocycles. The number of hydrogen-bond donors (Lipinski definition) is 0. The van der Waals surface area contributed by atoms with Gasteiger partial charge >= 0.3 is 17.8 Å². The van der Waals surface area contributed by atoms with Crippen LogP contribution in [0, 0.1) is 0 Å². The summed E-state index contributed by atoms with van der Waals surface area (Å²) in [7, 11) is 1.50. The highest BCUT2D eigenvalue weighted by Crippen LogP contribution is 2.64. The molecule has 0 N–H and O–H groups in total. The van der Waals surface area contributed by atoms with Crippen LogP contribution in [0.3, 0.4) is 0 Å². The second-order valence-electron chi connectivity index (χ2n) is 8.29. The van der Waals surface area contributed by atoms with Crippen molar-refractivity contribution in [1.82, 2.24) is 0 Å². The van der Waals surface area contributed by atoms with Crippen molar-refractivity contribution in [2.24, 2.45) is 0 Å². The third-order valence-electron chi connectivity index (χ3n) is 6.05. The molecule has 1 saturated carbocycles. The van der Waals surface area contributed by atoms with Gasteiger partial charge in [-0.3, -0.25) is 4.79 Å². The largest absolute Gasteiger partial charge is 0.494 e. The monoisotopic (exact) mass is 504 g/mol. The van der Waals surface area contributed by atoms with Crippen molar-refractivity contribution in [2.45, 2.75) is 37.2 Å². The summed E-state index contributed by atoms with van der Waals surface area (Å²) in [6.45, 7) is 1.66. The summed E-state index contributed by atoms with van der Waals surface area (Å²) in [6.07, 6.45) is -1.36. The molecule has 0 amide bonds. The number of ether oxygens (including phenoxy) is 4. The van der Waals surface area contributed by atoms with Gasteiger partial charge in [0.05, 0.1) is 13.7 Å². The summed E-state index contributed by atoms with van der Waals surface area (Å²) in [5, 5.41) is 0. The lowest BCUT2D eigenvalue weighted by atomic mass is 9.58. The van der Waals surface area contributed by atoms with Crippen LogP contribution >= 0.6 is 0 Å². The van der Waals surface area contributed by atoms with E-state index in [0.717, 1.165) is 0 Å². The van der Waals surface area contributed by atoms with Crippen LogP contribution in [0.15, 0.2) is 72.8 Å². The Morgan fingerprint density at radius 3 is 2.19 bits per heavy atom. The van der Waals surface area contributed by atoms with Crippen LogP contribution in [0.2, 0.25) is 0 Å². The average molecular weight is 504 g/mol. The Hall–Kier alpha value is -3.75. The number of halogens is 4. The second kappa shape index (κ2) is 9.72. The van der Waals surface area contributed by atoms with Crippen LogP contribution in [-0.2, 0) is 21.6 Å². The SMILES string of the molecule is CCOc1ccc(C2(C(=O)OCc3cccc(Oc4ccccc4OC)c3)CC(F)(F)C2(F)F)cc1. The van der Waals surface area contributed by atoms with E-state index in [2.05, 4.69) is 0 Å². The summed E-state index contributed by atoms with van der Waals surface area (Å²) in [5.74, 6) is -8.70. The number of hydrogen-bond acceptors (Lipinski definition) is 5. The summed E-state index contributed by atoms with van der Waals surface area (Å²) >= 11 is 0. The molecule has 1 fully saturated rings. The lowest BCUT2D eigenvalue weighted by molar-refractivity contribution is -0.323. The minimum Gasteiger partial charge on any atom is -0.494 e. The van der Waals surface area contributed by atoms with Gasteiger partial charge in [0.25, 0.3) is 0 Å². The first-order valence-electron chi connectivity index (χ1n) is 11.2. The summed E-state index contributed by atoms with van der Waals surface area (Å²) < 4.78 is 79.0. The molecule has 0 aliphatic heterocycles. The Balaban J connectivity index is 1.54. The van der Waals surface area contributed by atoms with E-state index in [1.54, 1.807) is 55.5 Å². The molecule has 3 aromatic rings. The van der Waals surface area contributed by atoms with Crippen molar-refractivity contribution < 1.29 is 41.3 Å². The normalized spacial score (nSPS) is 19.6. The minimum atomic E-state index is -4.63. The molecule has 0 bridgehead atoms. The van der Waals surface area contributed by atoms with Crippen molar-refractivity contribution in [3.63, 3.8) is 0 Å². The van der Waals surface area contributed by atoms with Gasteiger partial charge in [0, 0.05) is 6.42 Å². The molecule has 1 aliphatic rings. The van der Waals surface area contributed by atoms with Crippen molar-refractivity contribution in [2.75, 3.05) is 13.7 Å². The predicted molar refractivity (Wildman–Crippen MR) is 123 cm³/mol. The number of carbonyl (C=O) groups is 1. The molecular formula is C27H24F4O5. The third kappa shape index (κ3) is 4.34. The number of benzene rings is 3. The predicted octanol–water partition coefficient (Wildman–Crippen LogP) is 6.54. The Bertz CT molecular complexity index is 1230. The van der Waals surface area contributed by atoms with Crippen molar-refractivity contribution in [3.05, 3.63) is 83.9 Å². The van der Waals surface area contributed by atoms with Gasteiger partial charge in [0.2, 0.25) is 0 Å². The van der Waals surface area contributed by atoms with E-state index in [9.17, 15) is 22.4 Å². The van der Waals surface area contributed by atoms with Crippen molar-refractivity contribution >= 4 is 5.97 Å². The number of para-hydroxylation sites is 2. The zero-order chi connectivity index (χ0) is 26.0. The van der Waals surface area contributed by atoms with Gasteiger partial charge in [-0.2, -0.15) is 17.6 Å². The van der Waals surface area contributed by atoms with Crippen LogP contribution in [0.4, 0.5) is 17.6 Å². The fourth-order valence-electron chi connectivity index (χ4n) is 4.17. The van der Waals surface area contributed by atoms with Gasteiger partial charge < -0.3 is 18.9 Å². The second-order valence-corrected chi connectivity index (χ2v) is 8.29. The molecule has 1 unspecified atom stereocenters. The fourth-order valence-corrected chi connectivity index (χ4v) is 4.17. The molecule has 0 saturated heterocycles. The molecule has 36 heavy (non-hydrogen) atoms. The average Bonchev–Trinajstić information content (AvgIpc) is 2.87. The van der Waals surface area contributed by atoms with Gasteiger partial charge in [-0.05, 0) is 54.4 Å². The molecule has 1 atom stereocenters. The van der Waals surface area contributed by atoms with Gasteiger partial charge in [-0.15, -0.1) is 0 Å². The van der Waals surface area contributed by atoms with E-state index in [-0.39, 0.29) is 5.56 Å². The highest BCUT2D eigenvalue weighted by atomic mass is 19.3. The van der Waals surface area contributed by atoms with E-state index in [1.807, 2.05) is 0 Å². The van der Waals surface area contributed by atoms with Crippen LogP contribution in [0.1, 0.15) is 24.5 Å². The number of methoxy groups -OCH3 is 1. The highest BCUT2D eigenvalue weighted by molar-refractivity contribution is 5.87. The van der Waals surface area contributed by atoms with Crippen LogP contribution in [-0.4, -0.2) is 31.5 Å². The zero-order valence-corrected chi connectivity index (χ0v) is 19.6. The van der Waals surface area contributed by atoms with Crippen LogP contribution in [0.25, 0.3) is 0 Å². The lowest BCUT2D eigenvalue weighted by Crippen LogP contribution is -2.72. The highest BCUT2D eigenvalue weighted by Gasteiger charge is 2.84. The molecule has 190 valence electrons. The lowest BCUT2D eigenvalue weighted by Gasteiger charge is -2.51. The maximum absolute atomic E-state index is 14.8. The van der Waals surface area contributed by atoms with Crippen LogP contribution < -0.4 is 14.2 Å². The Morgan fingerprint density at radius 2 is 1.58 bits per heavy atom. The number of alkyl halides is 4. The standard InChI is InChI=1S/C27H24F4O5/c1-3-34-20-13-11-19(12-14-20)25(17-26(28,29)27(25,30)31)24(32)35-16-18-7-6-8-21(15-18)36-23-10-5-4-9-22(23)33-2/h4-15H,3,16-17H2,1-2H3. The Labute approximate surface area is 205 Å². The quantitative estimate of drug-likeness (QED) is 0.245. The number of esters is 1.